The van der Waals surface area contributed by atoms with Crippen molar-refractivity contribution in [2.75, 3.05) is 32.8 Å². The number of aliphatic hydroxyl groups is 1. The number of hydrogen-bond acceptors (Lipinski definition) is 4. The Morgan fingerprint density at radius 2 is 1.79 bits per heavy atom. The number of nitrogens with one attached hydrogen (secondary N) is 1. The standard InChI is InChI=1S/C23H37IN2O3/c1-2-3-4-5-6-7-8-13-22(27)25-21(18-26-14-16-29-17-15-26)23(28)19-11-9-10-12-20(19)24/h9-12,21,23,28H,2-8,13-18H2,1H3,(H,25,27). The van der Waals surface area contributed by atoms with E-state index >= 15 is 0 Å². The second-order valence-electron chi connectivity index (χ2n) is 7.92. The maximum atomic E-state index is 12.6. The lowest BCUT2D eigenvalue weighted by Gasteiger charge is -2.33. The zero-order valence-corrected chi connectivity index (χ0v) is 19.9. The summed E-state index contributed by atoms with van der Waals surface area (Å²) in [5, 5.41) is 14.2. The first-order valence-electron chi connectivity index (χ1n) is 11.1. The largest absolute Gasteiger partial charge is 0.386 e. The lowest BCUT2D eigenvalue weighted by Crippen LogP contribution is -2.50. The second kappa shape index (κ2) is 14.3. The third-order valence-electron chi connectivity index (χ3n) is 5.52. The molecule has 1 amide bonds. The van der Waals surface area contributed by atoms with Gasteiger partial charge in [-0.1, -0.05) is 63.6 Å². The molecule has 1 aliphatic heterocycles. The average molecular weight is 516 g/mol. The van der Waals surface area contributed by atoms with Crippen LogP contribution in [0.5, 0.6) is 0 Å². The van der Waals surface area contributed by atoms with Crippen molar-refractivity contribution >= 4 is 28.5 Å². The summed E-state index contributed by atoms with van der Waals surface area (Å²) in [6.07, 6.45) is 8.17. The van der Waals surface area contributed by atoms with Gasteiger partial charge in [0.2, 0.25) is 5.91 Å². The topological polar surface area (TPSA) is 61.8 Å². The van der Waals surface area contributed by atoms with Gasteiger partial charge in [-0.15, -0.1) is 0 Å². The summed E-state index contributed by atoms with van der Waals surface area (Å²) >= 11 is 2.25. The molecule has 1 aromatic rings. The third kappa shape index (κ3) is 9.32. The fourth-order valence-corrected chi connectivity index (χ4v) is 4.45. The molecule has 5 nitrogen and oxygen atoms in total. The summed E-state index contributed by atoms with van der Waals surface area (Å²) < 4.78 is 6.45. The number of benzene rings is 1. The highest BCUT2D eigenvalue weighted by molar-refractivity contribution is 14.1. The molecule has 1 heterocycles. The van der Waals surface area contributed by atoms with E-state index in [0.29, 0.717) is 26.2 Å². The van der Waals surface area contributed by atoms with Crippen LogP contribution in [-0.2, 0) is 9.53 Å². The molecule has 1 saturated heterocycles. The quantitative estimate of drug-likeness (QED) is 0.304. The average Bonchev–Trinajstić information content (AvgIpc) is 2.73. The molecule has 0 radical (unpaired) electrons. The van der Waals surface area contributed by atoms with E-state index in [1.54, 1.807) is 0 Å². The van der Waals surface area contributed by atoms with Crippen molar-refractivity contribution in [1.29, 1.82) is 0 Å². The van der Waals surface area contributed by atoms with E-state index in [9.17, 15) is 9.90 Å². The predicted molar refractivity (Wildman–Crippen MR) is 126 cm³/mol. The monoisotopic (exact) mass is 516 g/mol. The number of hydrogen-bond donors (Lipinski definition) is 2. The number of carbonyl (C=O) groups is 1. The van der Waals surface area contributed by atoms with E-state index in [1.165, 1.54) is 32.1 Å². The first kappa shape index (κ1) is 24.6. The first-order chi connectivity index (χ1) is 14.1. The highest BCUT2D eigenvalue weighted by Crippen LogP contribution is 2.23. The van der Waals surface area contributed by atoms with Gasteiger partial charge in [-0.3, -0.25) is 9.69 Å². The number of rotatable bonds is 13. The van der Waals surface area contributed by atoms with Crippen molar-refractivity contribution in [3.05, 3.63) is 33.4 Å². The van der Waals surface area contributed by atoms with Crippen LogP contribution < -0.4 is 5.32 Å². The van der Waals surface area contributed by atoms with E-state index in [0.717, 1.165) is 35.1 Å². The lowest BCUT2D eigenvalue weighted by molar-refractivity contribution is -0.123. The molecule has 2 unspecified atom stereocenters. The van der Waals surface area contributed by atoms with Gasteiger partial charge >= 0.3 is 0 Å². The molecule has 2 atom stereocenters. The van der Waals surface area contributed by atoms with Gasteiger partial charge in [-0.2, -0.15) is 0 Å². The summed E-state index contributed by atoms with van der Waals surface area (Å²) in [7, 11) is 0. The Bertz CT molecular complexity index is 593. The van der Waals surface area contributed by atoms with E-state index < -0.39 is 6.10 Å². The van der Waals surface area contributed by atoms with Gasteiger partial charge in [-0.25, -0.2) is 0 Å². The Labute approximate surface area is 189 Å². The van der Waals surface area contributed by atoms with E-state index in [1.807, 2.05) is 24.3 Å². The number of nitrogens with zero attached hydrogens (tertiary/aromatic N) is 1. The van der Waals surface area contributed by atoms with Gasteiger partial charge in [0.1, 0.15) is 6.10 Å². The molecule has 6 heteroatoms. The molecule has 0 aliphatic carbocycles. The van der Waals surface area contributed by atoms with E-state index in [2.05, 4.69) is 39.7 Å². The Morgan fingerprint density at radius 1 is 1.14 bits per heavy atom. The summed E-state index contributed by atoms with van der Waals surface area (Å²) in [6.45, 7) is 5.95. The van der Waals surface area contributed by atoms with Crippen molar-refractivity contribution in [3.8, 4) is 0 Å². The summed E-state index contributed by atoms with van der Waals surface area (Å²) in [6, 6.07) is 7.52. The molecule has 0 saturated carbocycles. The molecule has 164 valence electrons. The summed E-state index contributed by atoms with van der Waals surface area (Å²) in [5.74, 6) is 0.0433. The fourth-order valence-electron chi connectivity index (χ4n) is 3.74. The van der Waals surface area contributed by atoms with Crippen molar-refractivity contribution < 1.29 is 14.6 Å². The zero-order valence-electron chi connectivity index (χ0n) is 17.7. The van der Waals surface area contributed by atoms with Gasteiger partial charge < -0.3 is 15.2 Å². The van der Waals surface area contributed by atoms with Gasteiger partial charge in [0.05, 0.1) is 19.3 Å². The van der Waals surface area contributed by atoms with Crippen LogP contribution in [0.2, 0.25) is 0 Å². The molecule has 2 N–H and O–H groups in total. The van der Waals surface area contributed by atoms with Crippen molar-refractivity contribution in [1.82, 2.24) is 10.2 Å². The van der Waals surface area contributed by atoms with Gasteiger partial charge in [0.15, 0.2) is 0 Å². The number of carbonyl (C=O) groups excluding carboxylic acids is 1. The minimum absolute atomic E-state index is 0.0433. The molecule has 1 fully saturated rings. The minimum Gasteiger partial charge on any atom is -0.386 e. The molecule has 29 heavy (non-hydrogen) atoms. The Hall–Kier alpha value is -0.700. The van der Waals surface area contributed by atoms with Crippen LogP contribution in [0.3, 0.4) is 0 Å². The highest BCUT2D eigenvalue weighted by Gasteiger charge is 2.27. The van der Waals surface area contributed by atoms with Crippen LogP contribution >= 0.6 is 22.6 Å². The zero-order chi connectivity index (χ0) is 20.9. The van der Waals surface area contributed by atoms with Crippen molar-refractivity contribution in [3.63, 3.8) is 0 Å². The first-order valence-corrected chi connectivity index (χ1v) is 12.2. The Kier molecular flexibility index (Phi) is 12.1. The SMILES string of the molecule is CCCCCCCCCC(=O)NC(CN1CCOCC1)C(O)c1ccccc1I. The van der Waals surface area contributed by atoms with Crippen molar-refractivity contribution in [2.24, 2.45) is 0 Å². The number of amides is 1. The molecule has 0 spiro atoms. The summed E-state index contributed by atoms with van der Waals surface area (Å²) in [5.41, 5.74) is 0.877. The molecule has 2 rings (SSSR count). The molecular formula is C23H37IN2O3. The Morgan fingerprint density at radius 3 is 2.48 bits per heavy atom. The van der Waals surface area contributed by atoms with E-state index in [-0.39, 0.29) is 11.9 Å². The minimum atomic E-state index is -0.719. The lowest BCUT2D eigenvalue weighted by atomic mass is 10.0. The van der Waals surface area contributed by atoms with Crippen LogP contribution in [0.15, 0.2) is 24.3 Å². The number of ether oxygens (including phenoxy) is 1. The molecule has 1 aromatic carbocycles. The van der Waals surface area contributed by atoms with E-state index in [4.69, 9.17) is 4.74 Å². The van der Waals surface area contributed by atoms with Crippen LogP contribution in [0, 0.1) is 3.57 Å². The van der Waals surface area contributed by atoms with Crippen LogP contribution in [0.4, 0.5) is 0 Å². The summed E-state index contributed by atoms with van der Waals surface area (Å²) in [4.78, 5) is 14.8. The molecular weight excluding hydrogens is 479 g/mol. The Balaban J connectivity index is 1.87. The fraction of sp³-hybridized carbons (Fsp3) is 0.696. The van der Waals surface area contributed by atoms with Crippen LogP contribution in [0.1, 0.15) is 70.0 Å². The number of morpholine rings is 1. The van der Waals surface area contributed by atoms with Crippen LogP contribution in [-0.4, -0.2) is 54.8 Å². The molecule has 1 aliphatic rings. The van der Waals surface area contributed by atoms with Gasteiger partial charge in [0, 0.05) is 29.6 Å². The van der Waals surface area contributed by atoms with Gasteiger partial charge in [-0.05, 0) is 40.6 Å². The van der Waals surface area contributed by atoms with Crippen molar-refractivity contribution in [2.45, 2.75) is 70.4 Å². The maximum Gasteiger partial charge on any atom is 0.220 e. The third-order valence-corrected chi connectivity index (χ3v) is 6.50. The maximum absolute atomic E-state index is 12.6. The second-order valence-corrected chi connectivity index (χ2v) is 9.09. The normalized spacial score (nSPS) is 17.1. The predicted octanol–water partition coefficient (Wildman–Crippen LogP) is 4.28. The number of halogens is 1. The molecule has 0 bridgehead atoms. The molecule has 0 aromatic heterocycles. The smallest absolute Gasteiger partial charge is 0.220 e. The number of unbranched alkanes of at least 4 members (excludes halogenated alkanes) is 6. The van der Waals surface area contributed by atoms with Gasteiger partial charge in [0.25, 0.3) is 0 Å². The highest BCUT2D eigenvalue weighted by atomic mass is 127. The van der Waals surface area contributed by atoms with Crippen LogP contribution in [0.25, 0.3) is 0 Å². The number of aliphatic hydroxyl groups excluding tert-OH is 1.